The molecule has 1 fully saturated rings. The van der Waals surface area contributed by atoms with Crippen LogP contribution in [-0.4, -0.2) is 27.6 Å². The average molecular weight is 370 g/mol. The summed E-state index contributed by atoms with van der Waals surface area (Å²) in [7, 11) is 0. The summed E-state index contributed by atoms with van der Waals surface area (Å²) in [5, 5.41) is 6.64. The summed E-state index contributed by atoms with van der Waals surface area (Å²) in [4.78, 5) is 18.5. The Morgan fingerprint density at radius 3 is 2.74 bits per heavy atom. The average Bonchev–Trinajstić information content (AvgIpc) is 3.33. The van der Waals surface area contributed by atoms with Crippen LogP contribution in [0.15, 0.2) is 53.1 Å². The minimum Gasteiger partial charge on any atom is -0.337 e. The van der Waals surface area contributed by atoms with Crippen molar-refractivity contribution >= 4 is 11.7 Å². The van der Waals surface area contributed by atoms with Crippen molar-refractivity contribution in [3.63, 3.8) is 0 Å². The van der Waals surface area contributed by atoms with E-state index in [9.17, 15) is 13.6 Å². The number of anilines is 1. The van der Waals surface area contributed by atoms with Crippen molar-refractivity contribution in [2.75, 3.05) is 11.9 Å². The molecule has 0 saturated carbocycles. The van der Waals surface area contributed by atoms with E-state index in [4.69, 9.17) is 4.52 Å². The van der Waals surface area contributed by atoms with Gasteiger partial charge in [-0.15, -0.1) is 0 Å². The van der Waals surface area contributed by atoms with Crippen LogP contribution >= 0.6 is 0 Å². The first-order valence-electron chi connectivity index (χ1n) is 8.53. The Morgan fingerprint density at radius 1 is 1.15 bits per heavy atom. The molecular formula is C19H16F2N4O2. The van der Waals surface area contributed by atoms with E-state index in [1.807, 2.05) is 0 Å². The Kier molecular flexibility index (Phi) is 4.53. The van der Waals surface area contributed by atoms with Crippen molar-refractivity contribution in [1.82, 2.24) is 15.0 Å². The number of carbonyl (C=O) groups excluding carboxylic acids is 1. The van der Waals surface area contributed by atoms with Gasteiger partial charge in [0.05, 0.1) is 0 Å². The van der Waals surface area contributed by atoms with Gasteiger partial charge in [0, 0.05) is 17.8 Å². The second-order valence-electron chi connectivity index (χ2n) is 6.26. The third-order valence-electron chi connectivity index (χ3n) is 4.42. The summed E-state index contributed by atoms with van der Waals surface area (Å²) in [6, 6.07) is 10.8. The van der Waals surface area contributed by atoms with E-state index >= 15 is 0 Å². The highest BCUT2D eigenvalue weighted by atomic mass is 19.1. The first kappa shape index (κ1) is 17.1. The third kappa shape index (κ3) is 3.64. The van der Waals surface area contributed by atoms with Gasteiger partial charge in [-0.05, 0) is 49.2 Å². The van der Waals surface area contributed by atoms with Crippen LogP contribution in [0.5, 0.6) is 0 Å². The quantitative estimate of drug-likeness (QED) is 0.743. The summed E-state index contributed by atoms with van der Waals surface area (Å²) in [5.41, 5.74) is 1.00. The monoisotopic (exact) mass is 370 g/mol. The van der Waals surface area contributed by atoms with Gasteiger partial charge in [-0.3, -0.25) is 0 Å². The van der Waals surface area contributed by atoms with Crippen LogP contribution in [0.3, 0.4) is 0 Å². The number of hydrogen-bond donors (Lipinski definition) is 1. The zero-order valence-corrected chi connectivity index (χ0v) is 14.2. The molecule has 1 aromatic heterocycles. The van der Waals surface area contributed by atoms with E-state index in [1.54, 1.807) is 17.0 Å². The molecule has 0 radical (unpaired) electrons. The lowest BCUT2D eigenvalue weighted by atomic mass is 10.2. The number of carbonyl (C=O) groups is 1. The predicted octanol–water partition coefficient (Wildman–Crippen LogP) is 4.38. The molecule has 1 atom stereocenters. The third-order valence-corrected chi connectivity index (χ3v) is 4.42. The fraction of sp³-hybridized carbons (Fsp3) is 0.211. The summed E-state index contributed by atoms with van der Waals surface area (Å²) in [6.07, 6.45) is 1.47. The number of benzene rings is 2. The Morgan fingerprint density at radius 2 is 1.96 bits per heavy atom. The van der Waals surface area contributed by atoms with Gasteiger partial charge < -0.3 is 14.7 Å². The smallest absolute Gasteiger partial charge is 0.322 e. The predicted molar refractivity (Wildman–Crippen MR) is 93.8 cm³/mol. The van der Waals surface area contributed by atoms with Gasteiger partial charge in [0.2, 0.25) is 11.7 Å². The number of nitrogens with one attached hydrogen (secondary N) is 1. The molecule has 4 rings (SSSR count). The zero-order valence-electron chi connectivity index (χ0n) is 14.2. The normalized spacial score (nSPS) is 16.5. The first-order chi connectivity index (χ1) is 13.1. The van der Waals surface area contributed by atoms with Crippen LogP contribution in [0, 0.1) is 11.6 Å². The molecule has 138 valence electrons. The Bertz CT molecular complexity index is 958. The molecule has 0 bridgehead atoms. The molecule has 2 heterocycles. The van der Waals surface area contributed by atoms with Gasteiger partial charge in [-0.2, -0.15) is 4.98 Å². The van der Waals surface area contributed by atoms with E-state index in [0.717, 1.165) is 6.42 Å². The number of amides is 2. The molecule has 0 unspecified atom stereocenters. The molecule has 0 aliphatic carbocycles. The van der Waals surface area contributed by atoms with Gasteiger partial charge in [0.15, 0.2) is 0 Å². The van der Waals surface area contributed by atoms with Crippen LogP contribution < -0.4 is 5.32 Å². The highest BCUT2D eigenvalue weighted by molar-refractivity contribution is 5.89. The summed E-state index contributed by atoms with van der Waals surface area (Å²) in [5.74, 6) is -0.181. The van der Waals surface area contributed by atoms with E-state index in [-0.39, 0.29) is 29.5 Å². The van der Waals surface area contributed by atoms with E-state index in [1.165, 1.54) is 36.4 Å². The Labute approximate surface area is 153 Å². The van der Waals surface area contributed by atoms with Gasteiger partial charge in [0.1, 0.15) is 17.7 Å². The summed E-state index contributed by atoms with van der Waals surface area (Å²) in [6.45, 7) is 0.537. The van der Waals surface area contributed by atoms with E-state index in [0.29, 0.717) is 30.1 Å². The van der Waals surface area contributed by atoms with Crippen molar-refractivity contribution in [2.45, 2.75) is 18.9 Å². The lowest BCUT2D eigenvalue weighted by molar-refractivity contribution is 0.193. The van der Waals surface area contributed by atoms with Crippen molar-refractivity contribution in [1.29, 1.82) is 0 Å². The molecule has 3 aromatic rings. The second kappa shape index (κ2) is 7.14. The van der Waals surface area contributed by atoms with Gasteiger partial charge in [0.25, 0.3) is 0 Å². The van der Waals surface area contributed by atoms with Crippen molar-refractivity contribution in [3.05, 3.63) is 66.1 Å². The molecule has 8 heteroatoms. The summed E-state index contributed by atoms with van der Waals surface area (Å²) < 4.78 is 31.7. The zero-order chi connectivity index (χ0) is 18.8. The van der Waals surface area contributed by atoms with Crippen molar-refractivity contribution in [2.24, 2.45) is 0 Å². The highest BCUT2D eigenvalue weighted by Gasteiger charge is 2.34. The van der Waals surface area contributed by atoms with Crippen molar-refractivity contribution in [3.8, 4) is 11.4 Å². The molecule has 2 aromatic carbocycles. The van der Waals surface area contributed by atoms with Crippen LogP contribution in [0.25, 0.3) is 11.4 Å². The lowest BCUT2D eigenvalue weighted by Gasteiger charge is -2.22. The summed E-state index contributed by atoms with van der Waals surface area (Å²) >= 11 is 0. The number of nitrogens with zero attached hydrogens (tertiary/aromatic N) is 3. The molecular weight excluding hydrogens is 354 g/mol. The molecule has 1 aliphatic rings. The van der Waals surface area contributed by atoms with Gasteiger partial charge >= 0.3 is 6.03 Å². The highest BCUT2D eigenvalue weighted by Crippen LogP contribution is 2.32. The molecule has 1 saturated heterocycles. The molecule has 6 nitrogen and oxygen atoms in total. The number of urea groups is 1. The molecule has 1 N–H and O–H groups in total. The number of aromatic nitrogens is 2. The topological polar surface area (TPSA) is 71.3 Å². The van der Waals surface area contributed by atoms with Crippen LogP contribution in [0.4, 0.5) is 19.3 Å². The minimum absolute atomic E-state index is 0.273. The van der Waals surface area contributed by atoms with Gasteiger partial charge in [-0.25, -0.2) is 13.6 Å². The fourth-order valence-electron chi connectivity index (χ4n) is 3.11. The Hall–Kier alpha value is -3.29. The van der Waals surface area contributed by atoms with Crippen LogP contribution in [0.1, 0.15) is 24.8 Å². The van der Waals surface area contributed by atoms with Crippen LogP contribution in [0.2, 0.25) is 0 Å². The number of likely N-dealkylation sites (tertiary alicyclic amines) is 1. The fourth-order valence-corrected chi connectivity index (χ4v) is 3.11. The number of hydrogen-bond acceptors (Lipinski definition) is 4. The minimum atomic E-state index is -0.389. The standard InChI is InChI=1S/C19H16F2N4O2/c20-13-6-8-15(9-7-13)22-19(26)25-10-2-5-16(25)18-23-17(24-27-18)12-3-1-4-14(21)11-12/h1,3-4,6-9,11,16H,2,5,10H2,(H,22,26)/t16-/m1/s1. The first-order valence-corrected chi connectivity index (χ1v) is 8.53. The maximum absolute atomic E-state index is 13.4. The molecule has 0 spiro atoms. The molecule has 2 amide bonds. The maximum Gasteiger partial charge on any atom is 0.322 e. The van der Waals surface area contributed by atoms with Crippen LogP contribution in [-0.2, 0) is 0 Å². The lowest BCUT2D eigenvalue weighted by Crippen LogP contribution is -2.34. The molecule has 27 heavy (non-hydrogen) atoms. The van der Waals surface area contributed by atoms with Crippen molar-refractivity contribution < 1.29 is 18.1 Å². The van der Waals surface area contributed by atoms with E-state index in [2.05, 4.69) is 15.5 Å². The van der Waals surface area contributed by atoms with Gasteiger partial charge in [-0.1, -0.05) is 17.3 Å². The Balaban J connectivity index is 1.51. The SMILES string of the molecule is O=C(Nc1ccc(F)cc1)N1CCC[C@@H]1c1nc(-c2cccc(F)c2)no1. The van der Waals surface area contributed by atoms with E-state index < -0.39 is 0 Å². The number of rotatable bonds is 3. The molecule has 1 aliphatic heterocycles. The number of halogens is 2. The maximum atomic E-state index is 13.4. The largest absolute Gasteiger partial charge is 0.337 e. The second-order valence-corrected chi connectivity index (χ2v) is 6.26.